The Morgan fingerprint density at radius 1 is 1.50 bits per heavy atom. The topological polar surface area (TPSA) is 50.7 Å². The molecule has 0 bridgehead atoms. The molecule has 2 N–H and O–H groups in total. The van der Waals surface area contributed by atoms with Crippen molar-refractivity contribution in [2.45, 2.75) is 50.7 Å². The third-order valence-electron chi connectivity index (χ3n) is 2.85. The fraction of sp³-hybridized carbons (Fsp3) is 1.00. The Balaban J connectivity index is 1.96. The van der Waals surface area contributed by atoms with Crippen LogP contribution in [-0.4, -0.2) is 48.7 Å². The number of hydrogen-bond acceptors (Lipinski definition) is 4. The summed E-state index contributed by atoms with van der Waals surface area (Å²) in [6.07, 6.45) is 0.669. The Kier molecular flexibility index (Phi) is 3.07. The second-order valence-corrected chi connectivity index (χ2v) is 4.36. The predicted molar refractivity (Wildman–Crippen MR) is 52.2 cm³/mol. The molecule has 0 amide bonds. The van der Waals surface area contributed by atoms with Crippen LogP contribution < -0.4 is 5.32 Å². The zero-order chi connectivity index (χ0) is 10.1. The third-order valence-corrected chi connectivity index (χ3v) is 2.85. The van der Waals surface area contributed by atoms with Crippen LogP contribution in [0.4, 0.5) is 0 Å². The van der Waals surface area contributed by atoms with Gasteiger partial charge in [0.2, 0.25) is 0 Å². The maximum Gasteiger partial charge on any atom is 0.101 e. The van der Waals surface area contributed by atoms with E-state index in [9.17, 15) is 5.11 Å². The Hall–Kier alpha value is -0.160. The van der Waals surface area contributed by atoms with Gasteiger partial charge in [0.1, 0.15) is 6.10 Å². The van der Waals surface area contributed by atoms with Crippen molar-refractivity contribution in [3.8, 4) is 0 Å². The van der Waals surface area contributed by atoms with Crippen LogP contribution in [0.5, 0.6) is 0 Å². The smallest absolute Gasteiger partial charge is 0.101 e. The molecule has 0 aromatic rings. The molecule has 0 saturated carbocycles. The van der Waals surface area contributed by atoms with Crippen LogP contribution in [0, 0.1) is 0 Å². The number of aliphatic hydroxyl groups excluding tert-OH is 1. The SMILES string of the molecule is CC(C)O[C@H]1CO[C@@H]2[C@H]1NCC[C@H]2O. The highest BCUT2D eigenvalue weighted by atomic mass is 16.6. The Labute approximate surface area is 84.6 Å². The number of nitrogens with one attached hydrogen (secondary N) is 1. The number of rotatable bonds is 2. The Bertz CT molecular complexity index is 198. The maximum atomic E-state index is 9.71. The largest absolute Gasteiger partial charge is 0.390 e. The summed E-state index contributed by atoms with van der Waals surface area (Å²) < 4.78 is 11.3. The van der Waals surface area contributed by atoms with E-state index in [0.29, 0.717) is 6.61 Å². The molecule has 4 atom stereocenters. The van der Waals surface area contributed by atoms with Crippen molar-refractivity contribution in [1.29, 1.82) is 0 Å². The molecule has 4 heteroatoms. The highest BCUT2D eigenvalue weighted by molar-refractivity contribution is 4.97. The van der Waals surface area contributed by atoms with Gasteiger partial charge in [-0.1, -0.05) is 0 Å². The van der Waals surface area contributed by atoms with E-state index in [-0.39, 0.29) is 30.5 Å². The van der Waals surface area contributed by atoms with Crippen LogP contribution in [0.1, 0.15) is 20.3 Å². The molecule has 0 spiro atoms. The molecular weight excluding hydrogens is 182 g/mol. The average Bonchev–Trinajstić information content (AvgIpc) is 2.49. The van der Waals surface area contributed by atoms with Gasteiger partial charge >= 0.3 is 0 Å². The van der Waals surface area contributed by atoms with Gasteiger partial charge in [-0.05, 0) is 26.8 Å². The van der Waals surface area contributed by atoms with Crippen LogP contribution >= 0.6 is 0 Å². The molecule has 0 aliphatic carbocycles. The van der Waals surface area contributed by atoms with Gasteiger partial charge in [0, 0.05) is 0 Å². The van der Waals surface area contributed by atoms with Crippen molar-refractivity contribution in [2.75, 3.05) is 13.2 Å². The first-order valence-corrected chi connectivity index (χ1v) is 5.37. The van der Waals surface area contributed by atoms with Gasteiger partial charge in [-0.25, -0.2) is 0 Å². The van der Waals surface area contributed by atoms with E-state index in [0.717, 1.165) is 13.0 Å². The number of fused-ring (bicyclic) bond motifs is 1. The first kappa shape index (κ1) is 10.4. The molecule has 2 rings (SSSR count). The second kappa shape index (κ2) is 4.14. The molecule has 2 saturated heterocycles. The maximum absolute atomic E-state index is 9.71. The lowest BCUT2D eigenvalue weighted by molar-refractivity contribution is -0.0287. The van der Waals surface area contributed by atoms with E-state index in [1.54, 1.807) is 0 Å². The summed E-state index contributed by atoms with van der Waals surface area (Å²) in [4.78, 5) is 0. The lowest BCUT2D eigenvalue weighted by atomic mass is 9.97. The van der Waals surface area contributed by atoms with Gasteiger partial charge in [-0.15, -0.1) is 0 Å². The standard InChI is InChI=1S/C10H19NO3/c1-6(2)14-8-5-13-10-7(12)3-4-11-9(8)10/h6-12H,3-5H2,1-2H3/t7-,8+,9+,10+/m1/s1. The van der Waals surface area contributed by atoms with Crippen molar-refractivity contribution < 1.29 is 14.6 Å². The van der Waals surface area contributed by atoms with Crippen LogP contribution in [-0.2, 0) is 9.47 Å². The third kappa shape index (κ3) is 1.93. The molecule has 4 nitrogen and oxygen atoms in total. The van der Waals surface area contributed by atoms with E-state index < -0.39 is 0 Å². The lowest BCUT2D eigenvalue weighted by Gasteiger charge is -2.32. The van der Waals surface area contributed by atoms with Crippen LogP contribution in [0.3, 0.4) is 0 Å². The number of hydrogen-bond donors (Lipinski definition) is 2. The number of aliphatic hydroxyl groups is 1. The Morgan fingerprint density at radius 3 is 3.00 bits per heavy atom. The molecule has 2 aliphatic rings. The highest BCUT2D eigenvalue weighted by Crippen LogP contribution is 2.25. The van der Waals surface area contributed by atoms with Crippen LogP contribution in [0.2, 0.25) is 0 Å². The van der Waals surface area contributed by atoms with Gasteiger partial charge in [0.05, 0.1) is 31.0 Å². The van der Waals surface area contributed by atoms with Gasteiger partial charge < -0.3 is 19.9 Å². The van der Waals surface area contributed by atoms with Gasteiger partial charge in [0.15, 0.2) is 0 Å². The van der Waals surface area contributed by atoms with Gasteiger partial charge in [-0.3, -0.25) is 0 Å². The fourth-order valence-electron chi connectivity index (χ4n) is 2.26. The monoisotopic (exact) mass is 201 g/mol. The van der Waals surface area contributed by atoms with E-state index in [1.165, 1.54) is 0 Å². The summed E-state index contributed by atoms with van der Waals surface area (Å²) in [7, 11) is 0. The van der Waals surface area contributed by atoms with Crippen molar-refractivity contribution in [3.63, 3.8) is 0 Å². The van der Waals surface area contributed by atoms with E-state index in [2.05, 4.69) is 5.32 Å². The molecule has 0 aromatic carbocycles. The molecule has 2 fully saturated rings. The minimum atomic E-state index is -0.331. The van der Waals surface area contributed by atoms with Crippen molar-refractivity contribution >= 4 is 0 Å². The second-order valence-electron chi connectivity index (χ2n) is 4.36. The number of piperidine rings is 1. The first-order chi connectivity index (χ1) is 6.68. The average molecular weight is 201 g/mol. The molecular formula is C10H19NO3. The summed E-state index contributed by atoms with van der Waals surface area (Å²) in [6, 6.07) is 0.168. The summed E-state index contributed by atoms with van der Waals surface area (Å²) in [5.41, 5.74) is 0. The minimum Gasteiger partial charge on any atom is -0.390 e. The zero-order valence-electron chi connectivity index (χ0n) is 8.77. The molecule has 0 radical (unpaired) electrons. The molecule has 2 aliphatic heterocycles. The fourth-order valence-corrected chi connectivity index (χ4v) is 2.26. The van der Waals surface area contributed by atoms with Crippen molar-refractivity contribution in [1.82, 2.24) is 5.32 Å². The summed E-state index contributed by atoms with van der Waals surface area (Å²) in [5, 5.41) is 13.1. The van der Waals surface area contributed by atoms with E-state index in [4.69, 9.17) is 9.47 Å². The van der Waals surface area contributed by atoms with Gasteiger partial charge in [-0.2, -0.15) is 0 Å². The normalized spacial score (nSPS) is 42.9. The zero-order valence-corrected chi connectivity index (χ0v) is 8.77. The van der Waals surface area contributed by atoms with E-state index >= 15 is 0 Å². The minimum absolute atomic E-state index is 0.0764. The number of ether oxygens (including phenoxy) is 2. The highest BCUT2D eigenvalue weighted by Gasteiger charge is 2.44. The Morgan fingerprint density at radius 2 is 2.29 bits per heavy atom. The molecule has 2 heterocycles. The summed E-state index contributed by atoms with van der Waals surface area (Å²) >= 11 is 0. The molecule has 14 heavy (non-hydrogen) atoms. The summed E-state index contributed by atoms with van der Waals surface area (Å²) in [5.74, 6) is 0. The summed E-state index contributed by atoms with van der Waals surface area (Å²) in [6.45, 7) is 5.49. The van der Waals surface area contributed by atoms with E-state index in [1.807, 2.05) is 13.8 Å². The van der Waals surface area contributed by atoms with Gasteiger partial charge in [0.25, 0.3) is 0 Å². The van der Waals surface area contributed by atoms with Crippen LogP contribution in [0.25, 0.3) is 0 Å². The quantitative estimate of drug-likeness (QED) is 0.655. The molecule has 82 valence electrons. The van der Waals surface area contributed by atoms with Crippen molar-refractivity contribution in [3.05, 3.63) is 0 Å². The first-order valence-electron chi connectivity index (χ1n) is 5.37. The lowest BCUT2D eigenvalue weighted by Crippen LogP contribution is -2.54. The predicted octanol–water partition coefficient (Wildman–Crippen LogP) is -0.0984. The van der Waals surface area contributed by atoms with Crippen LogP contribution in [0.15, 0.2) is 0 Å². The molecule has 0 unspecified atom stereocenters. The van der Waals surface area contributed by atoms with Crippen molar-refractivity contribution in [2.24, 2.45) is 0 Å². The molecule has 0 aromatic heterocycles.